The molecular formula is C30H35ClN2O6S. The molecule has 0 aliphatic carbocycles. The van der Waals surface area contributed by atoms with Crippen LogP contribution in [0.1, 0.15) is 56.4 Å². The molecule has 3 aliphatic rings. The maximum absolute atomic E-state index is 14.3. The number of nitrogens with zero attached hydrogens (tertiary/aromatic N) is 2. The van der Waals surface area contributed by atoms with Crippen LogP contribution in [-0.2, 0) is 14.4 Å². The minimum Gasteiger partial charge on any atom is -0.486 e. The lowest BCUT2D eigenvalue weighted by Crippen LogP contribution is -2.45. The van der Waals surface area contributed by atoms with Crippen LogP contribution in [0.15, 0.2) is 36.4 Å². The van der Waals surface area contributed by atoms with Crippen molar-refractivity contribution in [3.8, 4) is 11.5 Å². The SMILES string of the molecule is CC(C)(C)CN1C(=O)[C@H](CC(=O)N2CCC(C(=O)O)CC2)S[C@@H](c2cccc3c2OCCO3)c2cc(Cl)ccc21. The first-order chi connectivity index (χ1) is 19.0. The van der Waals surface area contributed by atoms with E-state index in [1.807, 2.05) is 30.3 Å². The number of aliphatic carboxylic acids is 1. The molecule has 0 aromatic heterocycles. The fourth-order valence-corrected chi connectivity index (χ4v) is 7.21. The Morgan fingerprint density at radius 3 is 2.50 bits per heavy atom. The molecular weight excluding hydrogens is 552 g/mol. The molecule has 10 heteroatoms. The Kier molecular flexibility index (Phi) is 8.25. The summed E-state index contributed by atoms with van der Waals surface area (Å²) in [6, 6.07) is 11.4. The number of carboxylic acids is 1. The monoisotopic (exact) mass is 586 g/mol. The fraction of sp³-hybridized carbons (Fsp3) is 0.500. The first-order valence-electron chi connectivity index (χ1n) is 13.7. The van der Waals surface area contributed by atoms with Gasteiger partial charge in [0.15, 0.2) is 11.5 Å². The summed E-state index contributed by atoms with van der Waals surface area (Å²) in [4.78, 5) is 42.7. The van der Waals surface area contributed by atoms with Gasteiger partial charge in [0.2, 0.25) is 11.8 Å². The zero-order valence-electron chi connectivity index (χ0n) is 23.0. The number of amides is 2. The second-order valence-corrected chi connectivity index (χ2v) is 13.5. The van der Waals surface area contributed by atoms with Gasteiger partial charge in [0.25, 0.3) is 0 Å². The van der Waals surface area contributed by atoms with E-state index in [0.29, 0.717) is 62.2 Å². The summed E-state index contributed by atoms with van der Waals surface area (Å²) in [5.41, 5.74) is 2.33. The number of halogens is 1. The summed E-state index contributed by atoms with van der Waals surface area (Å²) in [5, 5.41) is 8.91. The van der Waals surface area contributed by atoms with E-state index in [4.69, 9.17) is 21.1 Å². The number of ether oxygens (including phenoxy) is 2. The molecule has 0 radical (unpaired) electrons. The first kappa shape index (κ1) is 28.6. The van der Waals surface area contributed by atoms with Gasteiger partial charge in [-0.15, -0.1) is 11.8 Å². The van der Waals surface area contributed by atoms with Gasteiger partial charge in [0.1, 0.15) is 13.2 Å². The lowest BCUT2D eigenvalue weighted by Gasteiger charge is -2.33. The highest BCUT2D eigenvalue weighted by Crippen LogP contribution is 2.52. The minimum atomic E-state index is -0.823. The summed E-state index contributed by atoms with van der Waals surface area (Å²) in [5.74, 6) is -0.213. The van der Waals surface area contributed by atoms with E-state index in [0.717, 1.165) is 16.8 Å². The van der Waals surface area contributed by atoms with Crippen LogP contribution < -0.4 is 14.4 Å². The highest BCUT2D eigenvalue weighted by molar-refractivity contribution is 8.01. The van der Waals surface area contributed by atoms with Crippen LogP contribution in [0.5, 0.6) is 11.5 Å². The molecule has 2 aromatic rings. The predicted octanol–water partition coefficient (Wildman–Crippen LogP) is 5.41. The van der Waals surface area contributed by atoms with Crippen molar-refractivity contribution >= 4 is 46.8 Å². The van der Waals surface area contributed by atoms with E-state index in [1.54, 1.807) is 15.9 Å². The van der Waals surface area contributed by atoms with Crippen LogP contribution in [0.3, 0.4) is 0 Å². The first-order valence-corrected chi connectivity index (χ1v) is 15.0. The third-order valence-electron chi connectivity index (χ3n) is 7.47. The van der Waals surface area contributed by atoms with Crippen molar-refractivity contribution in [1.82, 2.24) is 4.90 Å². The maximum Gasteiger partial charge on any atom is 0.306 e. The number of hydrogen-bond acceptors (Lipinski definition) is 6. The molecule has 1 saturated heterocycles. The Labute approximate surface area is 243 Å². The smallest absolute Gasteiger partial charge is 0.306 e. The van der Waals surface area contributed by atoms with Crippen LogP contribution in [0.2, 0.25) is 5.02 Å². The van der Waals surface area contributed by atoms with Crippen molar-refractivity contribution in [2.75, 3.05) is 37.7 Å². The molecule has 2 atom stereocenters. The normalized spacial score (nSPS) is 21.6. The fourth-order valence-electron chi connectivity index (χ4n) is 5.55. The molecule has 0 bridgehead atoms. The van der Waals surface area contributed by atoms with E-state index >= 15 is 0 Å². The van der Waals surface area contributed by atoms with Crippen LogP contribution >= 0.6 is 23.4 Å². The number of benzene rings is 2. The zero-order valence-corrected chi connectivity index (χ0v) is 24.6. The van der Waals surface area contributed by atoms with Gasteiger partial charge in [-0.2, -0.15) is 0 Å². The van der Waals surface area contributed by atoms with Gasteiger partial charge >= 0.3 is 5.97 Å². The molecule has 40 heavy (non-hydrogen) atoms. The number of hydrogen-bond donors (Lipinski definition) is 1. The average Bonchev–Trinajstić information content (AvgIpc) is 3.02. The lowest BCUT2D eigenvalue weighted by atomic mass is 9.94. The van der Waals surface area contributed by atoms with Crippen molar-refractivity contribution in [2.24, 2.45) is 11.3 Å². The molecule has 8 nitrogen and oxygen atoms in total. The molecule has 3 heterocycles. The van der Waals surface area contributed by atoms with Gasteiger partial charge in [-0.3, -0.25) is 14.4 Å². The van der Waals surface area contributed by atoms with E-state index in [2.05, 4.69) is 20.8 Å². The third-order valence-corrected chi connectivity index (χ3v) is 9.19. The number of carbonyl (C=O) groups excluding carboxylic acids is 2. The van der Waals surface area contributed by atoms with Crippen LogP contribution in [-0.4, -0.2) is 65.9 Å². The van der Waals surface area contributed by atoms with Crippen molar-refractivity contribution < 1.29 is 29.0 Å². The molecule has 0 spiro atoms. The minimum absolute atomic E-state index is 0.0203. The predicted molar refractivity (Wildman–Crippen MR) is 155 cm³/mol. The number of rotatable bonds is 5. The molecule has 1 N–H and O–H groups in total. The summed E-state index contributed by atoms with van der Waals surface area (Å²) in [6.07, 6.45) is 0.860. The van der Waals surface area contributed by atoms with Gasteiger partial charge in [-0.25, -0.2) is 0 Å². The molecule has 2 aromatic carbocycles. The van der Waals surface area contributed by atoms with Gasteiger partial charge in [-0.05, 0) is 48.1 Å². The van der Waals surface area contributed by atoms with E-state index in [-0.39, 0.29) is 28.9 Å². The number of thioether (sulfide) groups is 1. The van der Waals surface area contributed by atoms with E-state index in [9.17, 15) is 19.5 Å². The molecule has 2 amide bonds. The van der Waals surface area contributed by atoms with Crippen molar-refractivity contribution in [3.63, 3.8) is 0 Å². The largest absolute Gasteiger partial charge is 0.486 e. The number of fused-ring (bicyclic) bond motifs is 2. The highest BCUT2D eigenvalue weighted by Gasteiger charge is 2.41. The zero-order chi connectivity index (χ0) is 28.6. The second-order valence-electron chi connectivity index (χ2n) is 11.8. The third kappa shape index (κ3) is 6.05. The number of anilines is 1. The van der Waals surface area contributed by atoms with Crippen molar-refractivity contribution in [2.45, 2.75) is 50.5 Å². The summed E-state index contributed by atoms with van der Waals surface area (Å²) in [7, 11) is 0. The number of piperidine rings is 1. The number of likely N-dealkylation sites (tertiary alicyclic amines) is 1. The van der Waals surface area contributed by atoms with Crippen molar-refractivity contribution in [3.05, 3.63) is 52.5 Å². The Balaban J connectivity index is 1.54. The number of carbonyl (C=O) groups is 3. The summed E-state index contributed by atoms with van der Waals surface area (Å²) < 4.78 is 11.9. The highest BCUT2D eigenvalue weighted by atomic mass is 35.5. The average molecular weight is 587 g/mol. The van der Waals surface area contributed by atoms with Gasteiger partial charge in [0.05, 0.1) is 16.4 Å². The molecule has 214 valence electrons. The number of carboxylic acid groups (broad SMARTS) is 1. The Bertz CT molecular complexity index is 1300. The quantitative estimate of drug-likeness (QED) is 0.500. The van der Waals surface area contributed by atoms with E-state index < -0.39 is 17.1 Å². The Morgan fingerprint density at radius 2 is 1.80 bits per heavy atom. The van der Waals surface area contributed by atoms with Gasteiger partial charge in [0, 0.05) is 42.3 Å². The van der Waals surface area contributed by atoms with Crippen LogP contribution in [0.4, 0.5) is 5.69 Å². The lowest BCUT2D eigenvalue weighted by molar-refractivity contribution is -0.145. The van der Waals surface area contributed by atoms with Gasteiger partial charge < -0.3 is 24.4 Å². The standard InChI is InChI=1S/C30H35ClN2O6S/c1-30(2,3)17-33-22-8-7-19(31)15-21(22)27(20-5-4-6-23-26(20)39-14-13-38-23)40-24(28(33)35)16-25(34)32-11-9-18(10-12-32)29(36)37/h4-8,15,18,24,27H,9-14,16-17H2,1-3H3,(H,36,37)/t24-,27-/m0/s1. The Hall–Kier alpha value is -2.91. The number of para-hydroxylation sites is 1. The van der Waals surface area contributed by atoms with E-state index in [1.165, 1.54) is 11.8 Å². The van der Waals surface area contributed by atoms with Crippen LogP contribution in [0, 0.1) is 11.3 Å². The maximum atomic E-state index is 14.3. The molecule has 0 saturated carbocycles. The Morgan fingerprint density at radius 1 is 1.07 bits per heavy atom. The molecule has 3 aliphatic heterocycles. The van der Waals surface area contributed by atoms with Gasteiger partial charge in [-0.1, -0.05) is 44.5 Å². The topological polar surface area (TPSA) is 96.4 Å². The van der Waals surface area contributed by atoms with Crippen molar-refractivity contribution in [1.29, 1.82) is 0 Å². The summed E-state index contributed by atoms with van der Waals surface area (Å²) >= 11 is 7.97. The van der Waals surface area contributed by atoms with Crippen LogP contribution in [0.25, 0.3) is 0 Å². The molecule has 5 rings (SSSR count). The molecule has 0 unspecified atom stereocenters. The molecule has 1 fully saturated rings. The summed E-state index contributed by atoms with van der Waals surface area (Å²) in [6.45, 7) is 8.35. The second kappa shape index (κ2) is 11.5.